The fourth-order valence-corrected chi connectivity index (χ4v) is 2.15. The van der Waals surface area contributed by atoms with E-state index in [4.69, 9.17) is 0 Å². The maximum atomic E-state index is 4.39. The van der Waals surface area contributed by atoms with Gasteiger partial charge in [-0.25, -0.2) is 0 Å². The van der Waals surface area contributed by atoms with Crippen molar-refractivity contribution in [3.63, 3.8) is 0 Å². The molecule has 0 amide bonds. The van der Waals surface area contributed by atoms with Gasteiger partial charge in [0.25, 0.3) is 0 Å². The average Bonchev–Trinajstić information content (AvgIpc) is 2.47. The van der Waals surface area contributed by atoms with Crippen molar-refractivity contribution in [2.75, 3.05) is 0 Å². The maximum absolute atomic E-state index is 4.39. The first-order valence-electron chi connectivity index (χ1n) is 5.93. The van der Waals surface area contributed by atoms with Crippen molar-refractivity contribution < 1.29 is 0 Å². The molecule has 1 aliphatic carbocycles. The zero-order valence-electron chi connectivity index (χ0n) is 10.1. The fraction of sp³-hybridized carbons (Fsp3) is 0.429. The fourth-order valence-electron chi connectivity index (χ4n) is 2.15. The van der Waals surface area contributed by atoms with Gasteiger partial charge in [0.1, 0.15) is 0 Å². The Bertz CT molecular complexity index is 430. The van der Waals surface area contributed by atoms with E-state index in [1.165, 1.54) is 5.57 Å². The lowest BCUT2D eigenvalue weighted by Crippen LogP contribution is -2.05. The van der Waals surface area contributed by atoms with Gasteiger partial charge >= 0.3 is 0 Å². The van der Waals surface area contributed by atoms with Crippen LogP contribution in [0.5, 0.6) is 0 Å². The molecule has 0 saturated carbocycles. The molecule has 1 aliphatic rings. The summed E-state index contributed by atoms with van der Waals surface area (Å²) < 4.78 is 0. The molecule has 2 rings (SSSR count). The molecule has 2 heteroatoms. The number of hydrogen-bond donors (Lipinski definition) is 0. The Hall–Kier alpha value is -1.44. The molecule has 1 unspecified atom stereocenters. The summed E-state index contributed by atoms with van der Waals surface area (Å²) in [6, 6.07) is 0. The van der Waals surface area contributed by atoms with Crippen LogP contribution in [0, 0.1) is 11.8 Å². The van der Waals surface area contributed by atoms with E-state index in [9.17, 15) is 0 Å². The van der Waals surface area contributed by atoms with Crippen molar-refractivity contribution >= 4 is 12.2 Å². The van der Waals surface area contributed by atoms with Crippen LogP contribution in [0.15, 0.2) is 24.0 Å². The summed E-state index contributed by atoms with van der Waals surface area (Å²) >= 11 is 0. The molecular formula is C14H18N2. The highest BCUT2D eigenvalue weighted by molar-refractivity contribution is 5.65. The molecule has 1 aromatic heterocycles. The summed E-state index contributed by atoms with van der Waals surface area (Å²) in [6.45, 7) is 6.70. The summed E-state index contributed by atoms with van der Waals surface area (Å²) in [4.78, 5) is 8.74. The monoisotopic (exact) mass is 214 g/mol. The second-order valence-electron chi connectivity index (χ2n) is 4.50. The molecule has 0 N–H and O–H groups in total. The summed E-state index contributed by atoms with van der Waals surface area (Å²) in [6.07, 6.45) is 11.2. The SMILES string of the molecule is CCC1C=Cc2nccnc2C=C1C(C)C. The highest BCUT2D eigenvalue weighted by Gasteiger charge is 2.16. The second kappa shape index (κ2) is 4.60. The van der Waals surface area contributed by atoms with Crippen LogP contribution in [0.25, 0.3) is 12.2 Å². The first-order chi connectivity index (χ1) is 7.72. The molecule has 1 aromatic rings. The Morgan fingerprint density at radius 1 is 1.19 bits per heavy atom. The first-order valence-corrected chi connectivity index (χ1v) is 5.93. The van der Waals surface area contributed by atoms with Crippen LogP contribution >= 0.6 is 0 Å². The van der Waals surface area contributed by atoms with Crippen molar-refractivity contribution in [2.24, 2.45) is 11.8 Å². The molecule has 2 nitrogen and oxygen atoms in total. The van der Waals surface area contributed by atoms with E-state index in [0.29, 0.717) is 11.8 Å². The van der Waals surface area contributed by atoms with E-state index in [1.807, 2.05) is 0 Å². The maximum Gasteiger partial charge on any atom is 0.0886 e. The third kappa shape index (κ3) is 2.06. The van der Waals surface area contributed by atoms with Crippen LogP contribution in [0.3, 0.4) is 0 Å². The zero-order chi connectivity index (χ0) is 11.5. The minimum Gasteiger partial charge on any atom is -0.253 e. The Balaban J connectivity index is 2.50. The Morgan fingerprint density at radius 3 is 2.50 bits per heavy atom. The number of fused-ring (bicyclic) bond motifs is 1. The molecule has 1 atom stereocenters. The topological polar surface area (TPSA) is 25.8 Å². The van der Waals surface area contributed by atoms with Crippen molar-refractivity contribution in [2.45, 2.75) is 27.2 Å². The lowest BCUT2D eigenvalue weighted by Gasteiger charge is -2.17. The molecule has 0 aromatic carbocycles. The van der Waals surface area contributed by atoms with Crippen LogP contribution in [0.4, 0.5) is 0 Å². The molecule has 0 saturated heterocycles. The summed E-state index contributed by atoms with van der Waals surface area (Å²) in [5.74, 6) is 1.08. The average molecular weight is 214 g/mol. The largest absolute Gasteiger partial charge is 0.253 e. The number of nitrogens with zero attached hydrogens (tertiary/aromatic N) is 2. The van der Waals surface area contributed by atoms with Gasteiger partial charge in [0, 0.05) is 12.4 Å². The van der Waals surface area contributed by atoms with Gasteiger partial charge in [0.15, 0.2) is 0 Å². The lowest BCUT2D eigenvalue weighted by atomic mass is 9.88. The molecule has 84 valence electrons. The summed E-state index contributed by atoms with van der Waals surface area (Å²) in [5.41, 5.74) is 3.44. The van der Waals surface area contributed by atoms with Gasteiger partial charge in [-0.1, -0.05) is 32.4 Å². The van der Waals surface area contributed by atoms with Crippen molar-refractivity contribution in [1.29, 1.82) is 0 Å². The number of aromatic nitrogens is 2. The quantitative estimate of drug-likeness (QED) is 0.752. The van der Waals surface area contributed by atoms with Gasteiger partial charge in [-0.3, -0.25) is 9.97 Å². The van der Waals surface area contributed by atoms with Crippen LogP contribution < -0.4 is 0 Å². The lowest BCUT2D eigenvalue weighted by molar-refractivity contribution is 0.621. The molecule has 0 spiro atoms. The Kier molecular flexibility index (Phi) is 3.18. The van der Waals surface area contributed by atoms with Crippen molar-refractivity contribution in [1.82, 2.24) is 9.97 Å². The molecular weight excluding hydrogens is 196 g/mol. The smallest absolute Gasteiger partial charge is 0.0886 e. The predicted octanol–water partition coefficient (Wildman–Crippen LogP) is 3.57. The number of allylic oxidation sites excluding steroid dienone is 2. The van der Waals surface area contributed by atoms with Gasteiger partial charge < -0.3 is 0 Å². The number of hydrogen-bond acceptors (Lipinski definition) is 2. The van der Waals surface area contributed by atoms with Crippen LogP contribution in [0.2, 0.25) is 0 Å². The third-order valence-electron chi connectivity index (χ3n) is 3.08. The predicted molar refractivity (Wildman–Crippen MR) is 67.7 cm³/mol. The van der Waals surface area contributed by atoms with Gasteiger partial charge in [-0.2, -0.15) is 0 Å². The molecule has 0 radical (unpaired) electrons. The van der Waals surface area contributed by atoms with Gasteiger partial charge in [0.2, 0.25) is 0 Å². The third-order valence-corrected chi connectivity index (χ3v) is 3.08. The van der Waals surface area contributed by atoms with E-state index in [1.54, 1.807) is 12.4 Å². The van der Waals surface area contributed by atoms with Crippen LogP contribution in [-0.4, -0.2) is 9.97 Å². The van der Waals surface area contributed by atoms with Crippen LogP contribution in [-0.2, 0) is 0 Å². The Morgan fingerprint density at radius 2 is 1.88 bits per heavy atom. The van der Waals surface area contributed by atoms with E-state index >= 15 is 0 Å². The molecule has 0 bridgehead atoms. The minimum atomic E-state index is 0.524. The van der Waals surface area contributed by atoms with Crippen molar-refractivity contribution in [3.05, 3.63) is 35.4 Å². The number of rotatable bonds is 2. The molecule has 0 aliphatic heterocycles. The van der Waals surface area contributed by atoms with E-state index in [-0.39, 0.29) is 0 Å². The standard InChI is InChI=1S/C14H18N2/c1-4-11-5-6-13-14(16-8-7-15-13)9-12(11)10(2)3/h5-11H,4H2,1-3H3. The van der Waals surface area contributed by atoms with Crippen LogP contribution in [0.1, 0.15) is 38.6 Å². The summed E-state index contributed by atoms with van der Waals surface area (Å²) in [7, 11) is 0. The van der Waals surface area contributed by atoms with E-state index in [2.05, 4.69) is 49.0 Å². The molecule has 1 heterocycles. The van der Waals surface area contributed by atoms with Gasteiger partial charge in [-0.15, -0.1) is 0 Å². The van der Waals surface area contributed by atoms with Gasteiger partial charge in [0.05, 0.1) is 11.4 Å². The molecule has 16 heavy (non-hydrogen) atoms. The highest BCUT2D eigenvalue weighted by atomic mass is 14.8. The first kappa shape index (κ1) is 11.1. The zero-order valence-corrected chi connectivity index (χ0v) is 10.1. The van der Waals surface area contributed by atoms with Gasteiger partial charge in [-0.05, 0) is 30.4 Å². The van der Waals surface area contributed by atoms with E-state index in [0.717, 1.165) is 17.8 Å². The summed E-state index contributed by atoms with van der Waals surface area (Å²) in [5, 5.41) is 0. The molecule has 0 fully saturated rings. The van der Waals surface area contributed by atoms with Crippen molar-refractivity contribution in [3.8, 4) is 0 Å². The second-order valence-corrected chi connectivity index (χ2v) is 4.50. The minimum absolute atomic E-state index is 0.524. The Labute approximate surface area is 97.1 Å². The highest BCUT2D eigenvalue weighted by Crippen LogP contribution is 2.29. The normalized spacial score (nSPS) is 19.2. The van der Waals surface area contributed by atoms with E-state index < -0.39 is 0 Å².